The first-order valence-corrected chi connectivity index (χ1v) is 17.7. The zero-order valence-corrected chi connectivity index (χ0v) is 27.9. The molecule has 0 aliphatic carbocycles. The minimum absolute atomic E-state index is 0.126. The van der Waals surface area contributed by atoms with Gasteiger partial charge in [0.15, 0.2) is 0 Å². The fraction of sp³-hybridized carbons (Fsp3) is 0.314. The molecular weight excluding hydrogens is 647 g/mol. The van der Waals surface area contributed by atoms with E-state index in [1.54, 1.807) is 17.5 Å². The van der Waals surface area contributed by atoms with Crippen molar-refractivity contribution >= 4 is 67.3 Å². The van der Waals surface area contributed by atoms with E-state index in [4.69, 9.17) is 11.5 Å². The van der Waals surface area contributed by atoms with Crippen molar-refractivity contribution in [1.82, 2.24) is 26.3 Å². The lowest BCUT2D eigenvalue weighted by molar-refractivity contribution is -0.134. The van der Waals surface area contributed by atoms with Gasteiger partial charge in [-0.15, -0.1) is 22.7 Å². The highest BCUT2D eigenvalue weighted by Gasteiger charge is 2.38. The number of rotatable bonds is 13. The number of hydrogen-bond donors (Lipinski definition) is 7. The quantitative estimate of drug-likeness (QED) is 0.0999. The zero-order valence-electron chi connectivity index (χ0n) is 26.3. The van der Waals surface area contributed by atoms with Crippen LogP contribution in [0.4, 0.5) is 0 Å². The molecule has 9 N–H and O–H groups in total. The van der Waals surface area contributed by atoms with Gasteiger partial charge in [0.25, 0.3) is 0 Å². The Morgan fingerprint density at radius 3 is 2.17 bits per heavy atom. The number of thiophene rings is 2. The monoisotopic (exact) mass is 685 g/mol. The molecule has 0 radical (unpaired) electrons. The molecule has 13 heteroatoms. The molecule has 6 rings (SSSR count). The van der Waals surface area contributed by atoms with Crippen LogP contribution in [-0.2, 0) is 38.4 Å². The van der Waals surface area contributed by atoms with Crippen LogP contribution in [0, 0.1) is 0 Å². The lowest BCUT2D eigenvalue weighted by Crippen LogP contribution is -2.63. The topological polar surface area (TPSA) is 184 Å². The number of piperidine rings is 1. The van der Waals surface area contributed by atoms with Gasteiger partial charge in [-0.05, 0) is 71.4 Å². The van der Waals surface area contributed by atoms with Gasteiger partial charge in [-0.25, -0.2) is 0 Å². The van der Waals surface area contributed by atoms with Crippen molar-refractivity contribution < 1.29 is 19.2 Å². The molecule has 3 aromatic heterocycles. The van der Waals surface area contributed by atoms with Gasteiger partial charge in [-0.1, -0.05) is 42.5 Å². The number of aromatic amines is 1. The molecule has 1 aliphatic heterocycles. The van der Waals surface area contributed by atoms with Crippen molar-refractivity contribution in [2.45, 2.75) is 55.8 Å². The lowest BCUT2D eigenvalue weighted by Gasteiger charge is -2.34. The maximum absolute atomic E-state index is 14.3. The molecule has 0 saturated carbocycles. The number of hydrogen-bond acceptors (Lipinski definition) is 8. The van der Waals surface area contributed by atoms with Crippen LogP contribution >= 0.6 is 22.7 Å². The predicted octanol–water partition coefficient (Wildman–Crippen LogP) is 2.49. The van der Waals surface area contributed by atoms with E-state index < -0.39 is 47.3 Å². The van der Waals surface area contributed by atoms with E-state index in [0.29, 0.717) is 25.9 Å². The molecule has 0 unspecified atom stereocenters. The molecule has 48 heavy (non-hydrogen) atoms. The first-order valence-electron chi connectivity index (χ1n) is 15.9. The summed E-state index contributed by atoms with van der Waals surface area (Å²) in [6, 6.07) is 16.2. The number of fused-ring (bicyclic) bond motifs is 2. The molecule has 1 aliphatic rings. The molecule has 2 aromatic carbocycles. The zero-order chi connectivity index (χ0) is 33.7. The maximum atomic E-state index is 14.3. The molecule has 1 fully saturated rings. The highest BCUT2D eigenvalue weighted by molar-refractivity contribution is 7.17. The van der Waals surface area contributed by atoms with Crippen molar-refractivity contribution in [3.05, 3.63) is 93.6 Å². The highest BCUT2D eigenvalue weighted by atomic mass is 32.1. The number of nitrogens with one attached hydrogen (secondary N) is 5. The predicted molar refractivity (Wildman–Crippen MR) is 190 cm³/mol. The van der Waals surface area contributed by atoms with Gasteiger partial charge in [0, 0.05) is 45.9 Å². The average molecular weight is 686 g/mol. The number of aromatic nitrogens is 1. The third kappa shape index (κ3) is 7.60. The summed E-state index contributed by atoms with van der Waals surface area (Å²) < 4.78 is 1.06. The summed E-state index contributed by atoms with van der Waals surface area (Å²) in [5.41, 5.74) is 13.7. The molecule has 0 spiro atoms. The molecule has 1 saturated heterocycles. The second-order valence-corrected chi connectivity index (χ2v) is 14.2. The summed E-state index contributed by atoms with van der Waals surface area (Å²) in [5.74, 6) is -2.19. The number of carbonyl (C=O) groups is 4. The van der Waals surface area contributed by atoms with Crippen molar-refractivity contribution in [2.75, 3.05) is 13.1 Å². The number of nitrogens with two attached hydrogens (primary N) is 2. The Balaban J connectivity index is 1.29. The highest BCUT2D eigenvalue weighted by Crippen LogP contribution is 2.27. The molecule has 3 atom stereocenters. The summed E-state index contributed by atoms with van der Waals surface area (Å²) in [5, 5.41) is 17.6. The number of amides is 4. The Morgan fingerprint density at radius 1 is 0.771 bits per heavy atom. The van der Waals surface area contributed by atoms with E-state index in [9.17, 15) is 19.2 Å². The minimum atomic E-state index is -1.13. The molecule has 4 amide bonds. The summed E-state index contributed by atoms with van der Waals surface area (Å²) in [6.45, 7) is 1.19. The van der Waals surface area contributed by atoms with Crippen LogP contribution in [0.2, 0.25) is 0 Å². The van der Waals surface area contributed by atoms with Gasteiger partial charge < -0.3 is 37.7 Å². The fourth-order valence-corrected chi connectivity index (χ4v) is 7.88. The average Bonchev–Trinajstić information content (AvgIpc) is 3.85. The molecule has 4 heterocycles. The Hall–Kier alpha value is -4.56. The first kappa shape index (κ1) is 33.3. The Bertz CT molecular complexity index is 1910. The summed E-state index contributed by atoms with van der Waals surface area (Å²) in [7, 11) is 0. The lowest BCUT2D eigenvalue weighted by atomic mass is 9.88. The number of H-pyrrole nitrogens is 1. The largest absolute Gasteiger partial charge is 0.368 e. The van der Waals surface area contributed by atoms with Gasteiger partial charge in [0.1, 0.15) is 18.1 Å². The third-order valence-corrected chi connectivity index (χ3v) is 10.8. The number of primary amides is 1. The van der Waals surface area contributed by atoms with E-state index in [0.717, 1.165) is 37.0 Å². The van der Waals surface area contributed by atoms with Crippen LogP contribution in [0.1, 0.15) is 28.8 Å². The van der Waals surface area contributed by atoms with Crippen molar-refractivity contribution in [1.29, 1.82) is 0 Å². The van der Waals surface area contributed by atoms with Crippen LogP contribution < -0.4 is 32.7 Å². The second-order valence-electron chi connectivity index (χ2n) is 12.3. The Morgan fingerprint density at radius 2 is 1.44 bits per heavy atom. The van der Waals surface area contributed by atoms with Crippen molar-refractivity contribution in [3.63, 3.8) is 0 Å². The maximum Gasteiger partial charge on any atom is 0.243 e. The first-order chi connectivity index (χ1) is 23.2. The van der Waals surface area contributed by atoms with Crippen LogP contribution in [-0.4, -0.2) is 65.4 Å². The molecule has 11 nitrogen and oxygen atoms in total. The van der Waals surface area contributed by atoms with E-state index in [2.05, 4.69) is 26.3 Å². The third-order valence-electron chi connectivity index (χ3n) is 8.93. The fourth-order valence-electron chi connectivity index (χ4n) is 6.15. The number of benzene rings is 2. The number of para-hydroxylation sites is 1. The minimum Gasteiger partial charge on any atom is -0.368 e. The molecule has 5 aromatic rings. The summed E-state index contributed by atoms with van der Waals surface area (Å²) in [6.07, 6.45) is 3.21. The molecular formula is C35H39N7O4S2. The normalized spacial score (nSPS) is 16.2. The van der Waals surface area contributed by atoms with Gasteiger partial charge in [-0.3, -0.25) is 19.2 Å². The van der Waals surface area contributed by atoms with Crippen LogP contribution in [0.25, 0.3) is 21.0 Å². The summed E-state index contributed by atoms with van der Waals surface area (Å²) in [4.78, 5) is 58.4. The Kier molecular flexibility index (Phi) is 10.2. The van der Waals surface area contributed by atoms with Gasteiger partial charge >= 0.3 is 0 Å². The van der Waals surface area contributed by atoms with Crippen LogP contribution in [0.3, 0.4) is 0 Å². The van der Waals surface area contributed by atoms with Gasteiger partial charge in [0.2, 0.25) is 23.6 Å². The van der Waals surface area contributed by atoms with Crippen molar-refractivity contribution in [2.24, 2.45) is 11.5 Å². The van der Waals surface area contributed by atoms with E-state index in [1.807, 2.05) is 71.4 Å². The molecule has 0 bridgehead atoms. The number of carbonyl (C=O) groups excluding carboxylic acids is 4. The molecule has 250 valence electrons. The standard InChI is InChI=1S/C35H39N7O4S2/c36-31(43)27(18-23-6-5-15-47-23)40-32(44)28(16-21-19-39-26-9-3-1-7-24(21)26)41-33(45)29(42-34(46)35(37)11-13-38-14-12-35)17-22-20-48-30-10-4-2-8-25(22)30/h1-10,15,19-20,27-29,38-39H,11-14,16-18,37H2,(H2,36,43)(H,40,44)(H,41,45)(H,42,46)/t27-,28+,29+/m0/s1. The van der Waals surface area contributed by atoms with E-state index >= 15 is 0 Å². The van der Waals surface area contributed by atoms with Crippen LogP contribution in [0.15, 0.2) is 77.6 Å². The SMILES string of the molecule is NC(=O)[C@H](Cc1cccs1)NC(=O)[C@@H](Cc1c[nH]c2ccccc12)NC(=O)[C@@H](Cc1csc2ccccc12)NC(=O)C1(N)CCNCC1. The Labute approximate surface area is 285 Å². The van der Waals surface area contributed by atoms with Gasteiger partial charge in [-0.2, -0.15) is 0 Å². The van der Waals surface area contributed by atoms with Crippen molar-refractivity contribution in [3.8, 4) is 0 Å². The van der Waals surface area contributed by atoms with Crippen LogP contribution in [0.5, 0.6) is 0 Å². The smallest absolute Gasteiger partial charge is 0.243 e. The summed E-state index contributed by atoms with van der Waals surface area (Å²) >= 11 is 3.02. The van der Waals surface area contributed by atoms with Gasteiger partial charge in [0.05, 0.1) is 5.54 Å². The van der Waals surface area contributed by atoms with E-state index in [1.165, 1.54) is 11.3 Å². The van der Waals surface area contributed by atoms with E-state index in [-0.39, 0.29) is 19.3 Å². The second kappa shape index (κ2) is 14.7.